The Balaban J connectivity index is 0.935. The Morgan fingerprint density at radius 1 is 0.863 bits per heavy atom. The highest BCUT2D eigenvalue weighted by molar-refractivity contribution is 6.04. The van der Waals surface area contributed by atoms with Gasteiger partial charge in [-0.05, 0) is 74.7 Å². The van der Waals surface area contributed by atoms with Crippen LogP contribution in [0, 0.1) is 6.92 Å². The van der Waals surface area contributed by atoms with Crippen molar-refractivity contribution in [2.45, 2.75) is 45.6 Å². The van der Waals surface area contributed by atoms with Crippen LogP contribution in [0.1, 0.15) is 64.9 Å². The van der Waals surface area contributed by atoms with E-state index in [-0.39, 0.29) is 22.9 Å². The number of pyridine rings is 2. The third-order valence-electron chi connectivity index (χ3n) is 10.2. The van der Waals surface area contributed by atoms with Crippen molar-refractivity contribution in [1.82, 2.24) is 29.3 Å². The Bertz CT molecular complexity index is 2350. The standard InChI is InChI=1S/C38H38N10O3/c1-23-31-21-41-38(43-36(31)48(28-7-3-4-8-28)37(51)33(23)24(2)49)42-32-15-14-29(20-40-32)46-18-16-45(17-19-46)26-10-12-27(13-11-26)47-22-25-6-5-9-30(35(39)50)34(25)44-47/h5-6,9-15,20-22,28H,3-4,7-8,16-19H2,1-2H3,(H2,39,50)(H,40,41,42,43). The second-order valence-electron chi connectivity index (χ2n) is 13.3. The lowest BCUT2D eigenvalue weighted by Gasteiger charge is -2.37. The fourth-order valence-electron chi connectivity index (χ4n) is 7.49. The Labute approximate surface area is 293 Å². The molecule has 0 spiro atoms. The number of nitrogens with zero attached hydrogens (tertiary/aromatic N) is 8. The first-order valence-corrected chi connectivity index (χ1v) is 17.3. The molecule has 5 heterocycles. The molecular weight excluding hydrogens is 644 g/mol. The third-order valence-corrected chi connectivity index (χ3v) is 10.2. The number of aromatic nitrogens is 6. The van der Waals surface area contributed by atoms with Crippen molar-refractivity contribution >= 4 is 56.8 Å². The van der Waals surface area contributed by atoms with Crippen LogP contribution in [0.3, 0.4) is 0 Å². The summed E-state index contributed by atoms with van der Waals surface area (Å²) in [5.41, 5.74) is 10.7. The Hall–Kier alpha value is -6.11. The minimum Gasteiger partial charge on any atom is -0.368 e. The minimum absolute atomic E-state index is 0.0149. The number of benzene rings is 2. The molecule has 1 saturated carbocycles. The quantitative estimate of drug-likeness (QED) is 0.201. The van der Waals surface area contributed by atoms with E-state index in [0.717, 1.165) is 74.3 Å². The van der Waals surface area contributed by atoms with E-state index in [0.29, 0.717) is 39.4 Å². The van der Waals surface area contributed by atoms with Crippen molar-refractivity contribution in [3.63, 3.8) is 0 Å². The monoisotopic (exact) mass is 682 g/mol. The molecule has 51 heavy (non-hydrogen) atoms. The summed E-state index contributed by atoms with van der Waals surface area (Å²) in [7, 11) is 0. The normalized spacial score (nSPS) is 15.2. The van der Waals surface area contributed by atoms with E-state index < -0.39 is 5.91 Å². The molecule has 13 heteroatoms. The molecule has 1 aliphatic carbocycles. The number of nitrogens with one attached hydrogen (secondary N) is 1. The number of anilines is 4. The second-order valence-corrected chi connectivity index (χ2v) is 13.3. The van der Waals surface area contributed by atoms with Gasteiger partial charge in [0.2, 0.25) is 5.95 Å². The predicted molar refractivity (Wildman–Crippen MR) is 198 cm³/mol. The van der Waals surface area contributed by atoms with Crippen LogP contribution in [0.25, 0.3) is 27.6 Å². The van der Waals surface area contributed by atoms with Crippen LogP contribution in [0.15, 0.2) is 78.0 Å². The van der Waals surface area contributed by atoms with E-state index in [1.807, 2.05) is 48.8 Å². The maximum absolute atomic E-state index is 13.5. The number of carbonyl (C=O) groups excluding carboxylic acids is 2. The van der Waals surface area contributed by atoms with Crippen LogP contribution in [0.5, 0.6) is 0 Å². The molecule has 0 bridgehead atoms. The van der Waals surface area contributed by atoms with Crippen LogP contribution < -0.4 is 26.4 Å². The number of fused-ring (bicyclic) bond motifs is 2. The molecule has 1 amide bonds. The number of hydrogen-bond donors (Lipinski definition) is 2. The average molecular weight is 683 g/mol. The number of ketones is 1. The van der Waals surface area contributed by atoms with Gasteiger partial charge in [0.25, 0.3) is 11.5 Å². The van der Waals surface area contributed by atoms with E-state index in [4.69, 9.17) is 10.7 Å². The van der Waals surface area contributed by atoms with Crippen molar-refractivity contribution in [2.24, 2.45) is 5.73 Å². The minimum atomic E-state index is -0.492. The zero-order valence-corrected chi connectivity index (χ0v) is 28.5. The number of carbonyl (C=O) groups is 2. The number of hydrogen-bond acceptors (Lipinski definition) is 10. The van der Waals surface area contributed by atoms with Gasteiger partial charge in [0, 0.05) is 61.1 Å². The lowest BCUT2D eigenvalue weighted by Crippen LogP contribution is -2.46. The number of Topliss-reactive ketones (excluding diaryl/α,β-unsaturated/α-hetero) is 1. The molecule has 0 unspecified atom stereocenters. The smallest absolute Gasteiger partial charge is 0.263 e. The highest BCUT2D eigenvalue weighted by Crippen LogP contribution is 2.32. The molecule has 2 aromatic carbocycles. The van der Waals surface area contributed by atoms with Gasteiger partial charge in [0.1, 0.15) is 17.0 Å². The van der Waals surface area contributed by atoms with Crippen molar-refractivity contribution < 1.29 is 9.59 Å². The fraction of sp³-hybridized carbons (Fsp3) is 0.289. The van der Waals surface area contributed by atoms with Crippen molar-refractivity contribution in [1.29, 1.82) is 0 Å². The van der Waals surface area contributed by atoms with Gasteiger partial charge in [-0.2, -0.15) is 10.1 Å². The molecule has 3 N–H and O–H groups in total. The third kappa shape index (κ3) is 5.94. The number of primary amides is 1. The van der Waals surface area contributed by atoms with E-state index in [9.17, 15) is 14.4 Å². The summed E-state index contributed by atoms with van der Waals surface area (Å²) in [4.78, 5) is 56.4. The summed E-state index contributed by atoms with van der Waals surface area (Å²) < 4.78 is 3.49. The van der Waals surface area contributed by atoms with Crippen molar-refractivity contribution in [2.75, 3.05) is 41.3 Å². The summed E-state index contributed by atoms with van der Waals surface area (Å²) in [6, 6.07) is 17.6. The first kappa shape index (κ1) is 32.1. The zero-order chi connectivity index (χ0) is 35.2. The lowest BCUT2D eigenvalue weighted by atomic mass is 10.0. The molecule has 1 saturated heterocycles. The number of rotatable bonds is 8. The molecule has 0 radical (unpaired) electrons. The van der Waals surface area contributed by atoms with Gasteiger partial charge in [0.05, 0.1) is 28.7 Å². The van der Waals surface area contributed by atoms with Gasteiger partial charge >= 0.3 is 0 Å². The highest BCUT2D eigenvalue weighted by Gasteiger charge is 2.26. The zero-order valence-electron chi connectivity index (χ0n) is 28.5. The van der Waals surface area contributed by atoms with Gasteiger partial charge in [-0.1, -0.05) is 25.0 Å². The van der Waals surface area contributed by atoms with Gasteiger partial charge in [0.15, 0.2) is 5.78 Å². The number of nitrogens with two attached hydrogens (primary N) is 1. The molecule has 2 fully saturated rings. The average Bonchev–Trinajstić information content (AvgIpc) is 3.83. The molecule has 0 atom stereocenters. The molecule has 2 aliphatic rings. The van der Waals surface area contributed by atoms with Gasteiger partial charge < -0.3 is 20.9 Å². The SMILES string of the molecule is CC(=O)c1c(C)c2cnc(Nc3ccc(N4CCN(c5ccc(-n6cc7cccc(C(N)=O)c7n6)cc5)CC4)cn3)nc2n(C2CCCC2)c1=O. The summed E-state index contributed by atoms with van der Waals surface area (Å²) in [5, 5.41) is 9.40. The molecular formula is C38H38N10O3. The Morgan fingerprint density at radius 2 is 1.55 bits per heavy atom. The fourth-order valence-corrected chi connectivity index (χ4v) is 7.49. The first-order valence-electron chi connectivity index (χ1n) is 17.3. The largest absolute Gasteiger partial charge is 0.368 e. The molecule has 8 rings (SSSR count). The molecule has 1 aliphatic heterocycles. The lowest BCUT2D eigenvalue weighted by molar-refractivity contribution is 0.0996. The van der Waals surface area contributed by atoms with E-state index in [1.165, 1.54) is 6.92 Å². The second kappa shape index (κ2) is 13.0. The predicted octanol–water partition coefficient (Wildman–Crippen LogP) is 5.32. The number of piperazine rings is 1. The summed E-state index contributed by atoms with van der Waals surface area (Å²) in [6.07, 6.45) is 9.31. The summed E-state index contributed by atoms with van der Waals surface area (Å²) >= 11 is 0. The van der Waals surface area contributed by atoms with E-state index >= 15 is 0 Å². The van der Waals surface area contributed by atoms with Crippen molar-refractivity contribution in [3.8, 4) is 5.69 Å². The van der Waals surface area contributed by atoms with Crippen LogP contribution in [-0.2, 0) is 0 Å². The summed E-state index contributed by atoms with van der Waals surface area (Å²) in [6.45, 7) is 6.61. The molecule has 13 nitrogen and oxygen atoms in total. The number of aryl methyl sites for hydroxylation is 1. The maximum atomic E-state index is 13.5. The maximum Gasteiger partial charge on any atom is 0.263 e. The van der Waals surface area contributed by atoms with Gasteiger partial charge in [-0.25, -0.2) is 14.6 Å². The molecule has 6 aromatic rings. The van der Waals surface area contributed by atoms with Crippen LogP contribution >= 0.6 is 0 Å². The van der Waals surface area contributed by atoms with E-state index in [1.54, 1.807) is 28.4 Å². The molecule has 4 aromatic heterocycles. The topological polar surface area (TPSA) is 157 Å². The van der Waals surface area contributed by atoms with Crippen LogP contribution in [0.2, 0.25) is 0 Å². The first-order chi connectivity index (χ1) is 24.7. The van der Waals surface area contributed by atoms with Crippen LogP contribution in [0.4, 0.5) is 23.1 Å². The summed E-state index contributed by atoms with van der Waals surface area (Å²) in [5.74, 6) is 0.212. The van der Waals surface area contributed by atoms with Crippen molar-refractivity contribution in [3.05, 3.63) is 100 Å². The van der Waals surface area contributed by atoms with Crippen LogP contribution in [-0.4, -0.2) is 67.2 Å². The Morgan fingerprint density at radius 3 is 2.22 bits per heavy atom. The Kier molecular flexibility index (Phi) is 8.17. The number of amides is 1. The van der Waals surface area contributed by atoms with Gasteiger partial charge in [-0.15, -0.1) is 0 Å². The highest BCUT2D eigenvalue weighted by atomic mass is 16.2. The molecule has 258 valence electrons. The van der Waals surface area contributed by atoms with E-state index in [2.05, 4.69) is 42.3 Å². The van der Waals surface area contributed by atoms with Gasteiger partial charge in [-0.3, -0.25) is 19.0 Å².